The third-order valence-corrected chi connectivity index (χ3v) is 1.77. The summed E-state index contributed by atoms with van der Waals surface area (Å²) in [6.45, 7) is 0. The number of rotatable bonds is 3. The molecular weight excluding hydrogens is 206 g/mol. The van der Waals surface area contributed by atoms with E-state index in [2.05, 4.69) is 4.74 Å². The molecule has 0 spiro atoms. The number of alkyl halides is 2. The summed E-state index contributed by atoms with van der Waals surface area (Å²) in [4.78, 5) is 21.9. The van der Waals surface area contributed by atoms with Crippen LogP contribution in [0.15, 0.2) is 24.3 Å². The van der Waals surface area contributed by atoms with Gasteiger partial charge in [-0.1, -0.05) is 12.1 Å². The maximum absolute atomic E-state index is 12.1. The fraction of sp³-hybridized carbons (Fsp3) is 0.200. The molecule has 0 radical (unpaired) electrons. The molecule has 80 valence electrons. The van der Waals surface area contributed by atoms with Gasteiger partial charge in [0.05, 0.1) is 12.7 Å². The standard InChI is InChI=1S/C10H8F2O3/c1-15-10(14)7-4-2-3-6(5-7)8(13)9(11)12/h2-5,9H,1H3. The average Bonchev–Trinajstić information content (AvgIpc) is 2.27. The van der Waals surface area contributed by atoms with Crippen LogP contribution in [0.2, 0.25) is 0 Å². The Hall–Kier alpha value is -1.78. The molecule has 0 N–H and O–H groups in total. The zero-order chi connectivity index (χ0) is 11.4. The van der Waals surface area contributed by atoms with Gasteiger partial charge < -0.3 is 4.74 Å². The van der Waals surface area contributed by atoms with Crippen molar-refractivity contribution in [2.45, 2.75) is 6.43 Å². The summed E-state index contributed by atoms with van der Waals surface area (Å²) in [7, 11) is 1.17. The Bertz CT molecular complexity index is 388. The Morgan fingerprint density at radius 3 is 2.40 bits per heavy atom. The molecule has 0 aliphatic carbocycles. The van der Waals surface area contributed by atoms with Gasteiger partial charge in [0.25, 0.3) is 0 Å². The van der Waals surface area contributed by atoms with Crippen LogP contribution >= 0.6 is 0 Å². The highest BCUT2D eigenvalue weighted by Crippen LogP contribution is 2.11. The monoisotopic (exact) mass is 214 g/mol. The van der Waals surface area contributed by atoms with Gasteiger partial charge in [-0.25, -0.2) is 13.6 Å². The van der Waals surface area contributed by atoms with Gasteiger partial charge in [0.2, 0.25) is 5.78 Å². The second-order valence-corrected chi connectivity index (χ2v) is 2.74. The molecule has 15 heavy (non-hydrogen) atoms. The molecule has 1 rings (SSSR count). The predicted molar refractivity (Wildman–Crippen MR) is 48.1 cm³/mol. The fourth-order valence-electron chi connectivity index (χ4n) is 1.04. The maximum Gasteiger partial charge on any atom is 0.337 e. The Morgan fingerprint density at radius 1 is 1.27 bits per heavy atom. The van der Waals surface area contributed by atoms with Crippen molar-refractivity contribution >= 4 is 11.8 Å². The molecule has 0 amide bonds. The average molecular weight is 214 g/mol. The molecule has 0 aliphatic rings. The van der Waals surface area contributed by atoms with Crippen molar-refractivity contribution in [1.82, 2.24) is 0 Å². The minimum atomic E-state index is -3.07. The lowest BCUT2D eigenvalue weighted by molar-refractivity contribution is 0.0600. The molecule has 0 saturated heterocycles. The van der Waals surface area contributed by atoms with Crippen LogP contribution < -0.4 is 0 Å². The van der Waals surface area contributed by atoms with Crippen molar-refractivity contribution in [3.8, 4) is 0 Å². The van der Waals surface area contributed by atoms with E-state index in [-0.39, 0.29) is 11.1 Å². The summed E-state index contributed by atoms with van der Waals surface area (Å²) in [6.07, 6.45) is -3.07. The van der Waals surface area contributed by atoms with E-state index in [1.54, 1.807) is 0 Å². The van der Waals surface area contributed by atoms with E-state index in [0.717, 1.165) is 6.07 Å². The number of Topliss-reactive ketones (excluding diaryl/α,β-unsaturated/α-hetero) is 1. The number of ether oxygens (including phenoxy) is 1. The van der Waals surface area contributed by atoms with Gasteiger partial charge in [-0.05, 0) is 12.1 Å². The van der Waals surface area contributed by atoms with Gasteiger partial charge >= 0.3 is 12.4 Å². The SMILES string of the molecule is COC(=O)c1cccc(C(=O)C(F)F)c1. The highest BCUT2D eigenvalue weighted by Gasteiger charge is 2.18. The van der Waals surface area contributed by atoms with Gasteiger partial charge in [-0.3, -0.25) is 4.79 Å². The summed E-state index contributed by atoms with van der Waals surface area (Å²) in [5.41, 5.74) is -0.128. The molecule has 0 aromatic heterocycles. The van der Waals surface area contributed by atoms with Crippen LogP contribution in [0.1, 0.15) is 20.7 Å². The van der Waals surface area contributed by atoms with Crippen LogP contribution in [-0.2, 0) is 4.74 Å². The molecule has 0 atom stereocenters. The number of ketones is 1. The normalized spacial score (nSPS) is 10.1. The third kappa shape index (κ3) is 2.59. The fourth-order valence-corrected chi connectivity index (χ4v) is 1.04. The molecule has 0 fully saturated rings. The Labute approximate surface area is 84.7 Å². The largest absolute Gasteiger partial charge is 0.465 e. The molecule has 0 aliphatic heterocycles. The number of halogens is 2. The topological polar surface area (TPSA) is 43.4 Å². The summed E-state index contributed by atoms with van der Waals surface area (Å²) in [5, 5.41) is 0. The molecule has 1 aromatic rings. The Balaban J connectivity index is 3.02. The number of hydrogen-bond acceptors (Lipinski definition) is 3. The minimum absolute atomic E-state index is 0.0731. The van der Waals surface area contributed by atoms with E-state index in [4.69, 9.17) is 0 Å². The van der Waals surface area contributed by atoms with Crippen molar-refractivity contribution < 1.29 is 23.1 Å². The molecule has 0 bridgehead atoms. The summed E-state index contributed by atoms with van der Waals surface area (Å²) in [5.74, 6) is -1.97. The second-order valence-electron chi connectivity index (χ2n) is 2.74. The van der Waals surface area contributed by atoms with Gasteiger partial charge in [-0.2, -0.15) is 0 Å². The quantitative estimate of drug-likeness (QED) is 0.570. The predicted octanol–water partition coefficient (Wildman–Crippen LogP) is 1.92. The van der Waals surface area contributed by atoms with Gasteiger partial charge in [0.1, 0.15) is 0 Å². The number of carbonyl (C=O) groups excluding carboxylic acids is 2. The first kappa shape index (κ1) is 11.3. The number of hydrogen-bond donors (Lipinski definition) is 0. The summed E-state index contributed by atoms with van der Waals surface area (Å²) < 4.78 is 28.5. The number of esters is 1. The van der Waals surface area contributed by atoms with E-state index >= 15 is 0 Å². The molecule has 3 nitrogen and oxygen atoms in total. The van der Waals surface area contributed by atoms with Crippen LogP contribution in [0.4, 0.5) is 8.78 Å². The van der Waals surface area contributed by atoms with Crippen molar-refractivity contribution in [1.29, 1.82) is 0 Å². The Morgan fingerprint density at radius 2 is 1.87 bits per heavy atom. The molecule has 0 heterocycles. The second kappa shape index (κ2) is 4.63. The molecule has 1 aromatic carbocycles. The number of benzene rings is 1. The number of carbonyl (C=O) groups is 2. The zero-order valence-corrected chi connectivity index (χ0v) is 7.87. The van der Waals surface area contributed by atoms with Crippen molar-refractivity contribution in [2.24, 2.45) is 0 Å². The van der Waals surface area contributed by atoms with E-state index in [1.807, 2.05) is 0 Å². The van der Waals surface area contributed by atoms with Crippen LogP contribution in [-0.4, -0.2) is 25.3 Å². The smallest absolute Gasteiger partial charge is 0.337 e. The summed E-state index contributed by atoms with van der Waals surface area (Å²) in [6, 6.07) is 5.04. The number of methoxy groups -OCH3 is 1. The molecular formula is C10H8F2O3. The van der Waals surface area contributed by atoms with Crippen LogP contribution in [0.3, 0.4) is 0 Å². The summed E-state index contributed by atoms with van der Waals surface area (Å²) >= 11 is 0. The zero-order valence-electron chi connectivity index (χ0n) is 7.87. The van der Waals surface area contributed by atoms with E-state index < -0.39 is 18.2 Å². The Kier molecular flexibility index (Phi) is 3.49. The van der Waals surface area contributed by atoms with Crippen LogP contribution in [0.5, 0.6) is 0 Å². The lowest BCUT2D eigenvalue weighted by atomic mass is 10.1. The molecule has 5 heteroatoms. The van der Waals surface area contributed by atoms with E-state index in [1.165, 1.54) is 25.3 Å². The van der Waals surface area contributed by atoms with Crippen molar-refractivity contribution in [2.75, 3.05) is 7.11 Å². The molecule has 0 unspecified atom stereocenters. The highest BCUT2D eigenvalue weighted by molar-refractivity contribution is 6.00. The van der Waals surface area contributed by atoms with Crippen molar-refractivity contribution in [3.63, 3.8) is 0 Å². The first-order chi connectivity index (χ1) is 7.06. The third-order valence-electron chi connectivity index (χ3n) is 1.77. The van der Waals surface area contributed by atoms with Crippen molar-refractivity contribution in [3.05, 3.63) is 35.4 Å². The first-order valence-corrected chi connectivity index (χ1v) is 4.07. The maximum atomic E-state index is 12.1. The van der Waals surface area contributed by atoms with Crippen LogP contribution in [0.25, 0.3) is 0 Å². The highest BCUT2D eigenvalue weighted by atomic mass is 19.3. The minimum Gasteiger partial charge on any atom is -0.465 e. The molecule has 0 saturated carbocycles. The van der Waals surface area contributed by atoms with E-state index in [9.17, 15) is 18.4 Å². The first-order valence-electron chi connectivity index (χ1n) is 4.07. The van der Waals surface area contributed by atoms with Gasteiger partial charge in [0.15, 0.2) is 0 Å². The van der Waals surface area contributed by atoms with Gasteiger partial charge in [0, 0.05) is 5.56 Å². The van der Waals surface area contributed by atoms with E-state index in [0.29, 0.717) is 0 Å². The van der Waals surface area contributed by atoms with Crippen LogP contribution in [0, 0.1) is 0 Å². The van der Waals surface area contributed by atoms with Gasteiger partial charge in [-0.15, -0.1) is 0 Å². The lowest BCUT2D eigenvalue weighted by Gasteiger charge is -2.02. The lowest BCUT2D eigenvalue weighted by Crippen LogP contribution is -2.11.